The van der Waals surface area contributed by atoms with Crippen LogP contribution in [-0.4, -0.2) is 47.6 Å². The molecule has 0 saturated carbocycles. The summed E-state index contributed by atoms with van der Waals surface area (Å²) >= 11 is 0. The Hall–Kier alpha value is -1.13. The predicted octanol–water partition coefficient (Wildman–Crippen LogP) is 3.01. The molecule has 2 atom stereocenters. The monoisotopic (exact) mass is 280 g/mol. The van der Waals surface area contributed by atoms with Crippen LogP contribution in [0, 0.1) is 5.82 Å². The minimum atomic E-state index is -0.388. The van der Waals surface area contributed by atoms with Gasteiger partial charge in [-0.3, -0.25) is 4.90 Å². The predicted molar refractivity (Wildman–Crippen MR) is 79.4 cm³/mol. The largest absolute Gasteiger partial charge is 0.508 e. The molecule has 112 valence electrons. The van der Waals surface area contributed by atoms with E-state index >= 15 is 0 Å². The third-order valence-corrected chi connectivity index (χ3v) is 4.36. The molecular formula is C16H25FN2O. The molecule has 20 heavy (non-hydrogen) atoms. The van der Waals surface area contributed by atoms with Crippen molar-refractivity contribution < 1.29 is 9.50 Å². The van der Waals surface area contributed by atoms with E-state index in [2.05, 4.69) is 30.7 Å². The Morgan fingerprint density at radius 1 is 1.40 bits per heavy atom. The molecule has 1 saturated heterocycles. The van der Waals surface area contributed by atoms with E-state index in [1.54, 1.807) is 6.07 Å². The highest BCUT2D eigenvalue weighted by Crippen LogP contribution is 2.31. The van der Waals surface area contributed by atoms with Crippen molar-refractivity contribution in [3.8, 4) is 5.75 Å². The van der Waals surface area contributed by atoms with Gasteiger partial charge in [0.15, 0.2) is 0 Å². The zero-order chi connectivity index (χ0) is 14.7. The average molecular weight is 280 g/mol. The van der Waals surface area contributed by atoms with Gasteiger partial charge in [-0.05, 0) is 39.4 Å². The van der Waals surface area contributed by atoms with Crippen molar-refractivity contribution >= 4 is 0 Å². The summed E-state index contributed by atoms with van der Waals surface area (Å²) in [5.41, 5.74) is 0.814. The molecule has 2 unspecified atom stereocenters. The average Bonchev–Trinajstić information content (AvgIpc) is 2.59. The second-order valence-corrected chi connectivity index (χ2v) is 5.79. The lowest BCUT2D eigenvalue weighted by atomic mass is 10.0. The second kappa shape index (κ2) is 6.55. The topological polar surface area (TPSA) is 26.7 Å². The summed E-state index contributed by atoms with van der Waals surface area (Å²) in [4.78, 5) is 4.81. The number of likely N-dealkylation sites (N-methyl/N-ethyl adjacent to an activating group) is 1. The molecule has 1 aromatic carbocycles. The van der Waals surface area contributed by atoms with E-state index in [-0.39, 0.29) is 17.6 Å². The lowest BCUT2D eigenvalue weighted by Crippen LogP contribution is -2.41. The Balaban J connectivity index is 2.23. The number of rotatable bonds is 3. The molecule has 1 aliphatic heterocycles. The lowest BCUT2D eigenvalue weighted by Gasteiger charge is -2.35. The van der Waals surface area contributed by atoms with Crippen LogP contribution in [0.4, 0.5) is 4.39 Å². The molecule has 0 radical (unpaired) electrons. The van der Waals surface area contributed by atoms with Gasteiger partial charge in [0.2, 0.25) is 0 Å². The maximum atomic E-state index is 13.1. The number of hydrogen-bond donors (Lipinski definition) is 1. The number of aromatic hydroxyl groups is 1. The smallest absolute Gasteiger partial charge is 0.126 e. The first-order chi connectivity index (χ1) is 9.52. The van der Waals surface area contributed by atoms with E-state index in [4.69, 9.17) is 0 Å². The van der Waals surface area contributed by atoms with Crippen LogP contribution >= 0.6 is 0 Å². The van der Waals surface area contributed by atoms with Crippen molar-refractivity contribution in [1.82, 2.24) is 9.80 Å². The molecule has 0 aliphatic carbocycles. The Kier molecular flexibility index (Phi) is 5.00. The highest BCUT2D eigenvalue weighted by atomic mass is 19.1. The number of phenols is 1. The van der Waals surface area contributed by atoms with Crippen LogP contribution in [0.3, 0.4) is 0 Å². The molecule has 2 rings (SSSR count). The van der Waals surface area contributed by atoms with E-state index < -0.39 is 0 Å². The van der Waals surface area contributed by atoms with Crippen molar-refractivity contribution in [3.63, 3.8) is 0 Å². The molecule has 0 spiro atoms. The summed E-state index contributed by atoms with van der Waals surface area (Å²) in [5.74, 6) is -0.328. The van der Waals surface area contributed by atoms with E-state index in [1.807, 2.05) is 0 Å². The van der Waals surface area contributed by atoms with Crippen molar-refractivity contribution in [1.29, 1.82) is 0 Å². The highest BCUT2D eigenvalue weighted by molar-refractivity contribution is 5.35. The van der Waals surface area contributed by atoms with Gasteiger partial charge in [-0.15, -0.1) is 0 Å². The third-order valence-electron chi connectivity index (χ3n) is 4.36. The zero-order valence-corrected chi connectivity index (χ0v) is 12.6. The van der Waals surface area contributed by atoms with Gasteiger partial charge in [0.1, 0.15) is 11.6 Å². The quantitative estimate of drug-likeness (QED) is 0.922. The van der Waals surface area contributed by atoms with Crippen LogP contribution in [0.2, 0.25) is 0 Å². The Labute approximate surface area is 121 Å². The molecule has 3 nitrogen and oxygen atoms in total. The van der Waals surface area contributed by atoms with Gasteiger partial charge in [0.25, 0.3) is 0 Å². The van der Waals surface area contributed by atoms with Gasteiger partial charge in [0.05, 0.1) is 0 Å². The van der Waals surface area contributed by atoms with Gasteiger partial charge < -0.3 is 10.0 Å². The Bertz CT molecular complexity index is 452. The van der Waals surface area contributed by atoms with Crippen molar-refractivity contribution in [2.45, 2.75) is 38.8 Å². The SMILES string of the molecule is CCC1CN(C)CCCN1C(C)c1ccc(F)cc1O. The maximum Gasteiger partial charge on any atom is 0.126 e. The normalized spacial score (nSPS) is 23.5. The third kappa shape index (κ3) is 3.30. The fraction of sp³-hybridized carbons (Fsp3) is 0.625. The van der Waals surface area contributed by atoms with E-state index in [0.717, 1.165) is 38.0 Å². The van der Waals surface area contributed by atoms with Crippen molar-refractivity contribution in [3.05, 3.63) is 29.6 Å². The summed E-state index contributed by atoms with van der Waals surface area (Å²) in [6, 6.07) is 4.91. The highest BCUT2D eigenvalue weighted by Gasteiger charge is 2.27. The van der Waals surface area contributed by atoms with Crippen LogP contribution in [-0.2, 0) is 0 Å². The minimum absolute atomic E-state index is 0.0601. The lowest BCUT2D eigenvalue weighted by molar-refractivity contribution is 0.135. The van der Waals surface area contributed by atoms with Gasteiger partial charge in [-0.25, -0.2) is 4.39 Å². The molecule has 1 aliphatic rings. The molecule has 4 heteroatoms. The minimum Gasteiger partial charge on any atom is -0.508 e. The van der Waals surface area contributed by atoms with Crippen LogP contribution in [0.1, 0.15) is 38.3 Å². The molecule has 1 aromatic rings. The molecule has 0 amide bonds. The van der Waals surface area contributed by atoms with E-state index in [9.17, 15) is 9.50 Å². The van der Waals surface area contributed by atoms with Gasteiger partial charge in [-0.1, -0.05) is 13.0 Å². The molecule has 1 fully saturated rings. The number of nitrogens with zero attached hydrogens (tertiary/aromatic N) is 2. The van der Waals surface area contributed by atoms with E-state index in [1.165, 1.54) is 12.1 Å². The Morgan fingerprint density at radius 3 is 2.80 bits per heavy atom. The van der Waals surface area contributed by atoms with E-state index in [0.29, 0.717) is 6.04 Å². The maximum absolute atomic E-state index is 13.1. The fourth-order valence-corrected chi connectivity index (χ4v) is 3.18. The number of hydrogen-bond acceptors (Lipinski definition) is 3. The first kappa shape index (κ1) is 15.3. The number of phenolic OH excluding ortho intramolecular Hbond substituents is 1. The van der Waals surface area contributed by atoms with Gasteiger partial charge in [0, 0.05) is 36.8 Å². The molecule has 1 N–H and O–H groups in total. The number of benzene rings is 1. The first-order valence-electron chi connectivity index (χ1n) is 7.45. The van der Waals surface area contributed by atoms with Crippen LogP contribution in [0.25, 0.3) is 0 Å². The van der Waals surface area contributed by atoms with Crippen molar-refractivity contribution in [2.75, 3.05) is 26.7 Å². The van der Waals surface area contributed by atoms with Crippen LogP contribution in [0.15, 0.2) is 18.2 Å². The van der Waals surface area contributed by atoms with Crippen molar-refractivity contribution in [2.24, 2.45) is 0 Å². The Morgan fingerprint density at radius 2 is 2.15 bits per heavy atom. The standard InChI is InChI=1S/C16H25FN2O/c1-4-14-11-18(3)8-5-9-19(14)12(2)15-7-6-13(17)10-16(15)20/h6-7,10,12,14,20H,4-5,8-9,11H2,1-3H3. The summed E-state index contributed by atoms with van der Waals surface area (Å²) in [5, 5.41) is 10.00. The number of halogens is 1. The van der Waals surface area contributed by atoms with Crippen LogP contribution in [0.5, 0.6) is 5.75 Å². The summed E-state index contributed by atoms with van der Waals surface area (Å²) in [6.07, 6.45) is 2.20. The van der Waals surface area contributed by atoms with Gasteiger partial charge >= 0.3 is 0 Å². The van der Waals surface area contributed by atoms with Gasteiger partial charge in [-0.2, -0.15) is 0 Å². The summed E-state index contributed by atoms with van der Waals surface area (Å²) in [7, 11) is 2.16. The molecular weight excluding hydrogens is 255 g/mol. The second-order valence-electron chi connectivity index (χ2n) is 5.79. The molecule has 0 bridgehead atoms. The van der Waals surface area contributed by atoms with Crippen LogP contribution < -0.4 is 0 Å². The fourth-order valence-electron chi connectivity index (χ4n) is 3.18. The summed E-state index contributed by atoms with van der Waals surface area (Å²) in [6.45, 7) is 7.47. The molecule has 0 aromatic heterocycles. The first-order valence-corrected chi connectivity index (χ1v) is 7.45. The summed E-state index contributed by atoms with van der Waals surface area (Å²) < 4.78 is 13.1. The zero-order valence-electron chi connectivity index (χ0n) is 12.6. The molecule has 1 heterocycles.